The molecule has 3 heterocycles. The first-order chi connectivity index (χ1) is 12.2. The molecule has 132 valence electrons. The molecule has 2 fully saturated rings. The number of rotatable bonds is 5. The molecule has 4 rings (SSSR count). The van der Waals surface area contributed by atoms with Crippen LogP contribution in [0.2, 0.25) is 0 Å². The van der Waals surface area contributed by atoms with Gasteiger partial charge in [0.2, 0.25) is 11.8 Å². The number of benzene rings is 1. The van der Waals surface area contributed by atoms with Gasteiger partial charge in [0.25, 0.3) is 0 Å². The van der Waals surface area contributed by atoms with E-state index in [4.69, 9.17) is 4.74 Å². The Bertz CT molecular complexity index is 694. The van der Waals surface area contributed by atoms with Crippen molar-refractivity contribution in [1.82, 2.24) is 14.9 Å². The topological polar surface area (TPSA) is 41.5 Å². The van der Waals surface area contributed by atoms with Crippen molar-refractivity contribution < 1.29 is 4.74 Å². The van der Waals surface area contributed by atoms with Gasteiger partial charge in [-0.2, -0.15) is 4.98 Å². The van der Waals surface area contributed by atoms with E-state index in [9.17, 15) is 0 Å². The van der Waals surface area contributed by atoms with E-state index in [0.29, 0.717) is 24.0 Å². The van der Waals surface area contributed by atoms with E-state index in [0.717, 1.165) is 12.5 Å². The van der Waals surface area contributed by atoms with Crippen LogP contribution in [0.15, 0.2) is 42.6 Å². The monoisotopic (exact) mass is 338 g/mol. The number of hydrogen-bond donors (Lipinski definition) is 0. The summed E-state index contributed by atoms with van der Waals surface area (Å²) in [5.74, 6) is 1.39. The molecule has 2 unspecified atom stereocenters. The summed E-state index contributed by atoms with van der Waals surface area (Å²) in [7, 11) is 3.76. The molecule has 1 aromatic carbocycles. The Morgan fingerprint density at radius 3 is 2.52 bits per heavy atom. The Balaban J connectivity index is 1.45. The highest BCUT2D eigenvalue weighted by Crippen LogP contribution is 2.38. The van der Waals surface area contributed by atoms with Crippen molar-refractivity contribution in [1.29, 1.82) is 0 Å². The zero-order valence-electron chi connectivity index (χ0n) is 15.0. The van der Waals surface area contributed by atoms with Gasteiger partial charge in [0.05, 0.1) is 7.11 Å². The molecular formula is C20H26N4O. The molecule has 0 radical (unpaired) electrons. The van der Waals surface area contributed by atoms with Crippen molar-refractivity contribution in [2.75, 3.05) is 19.1 Å². The summed E-state index contributed by atoms with van der Waals surface area (Å²) >= 11 is 0. The minimum atomic E-state index is 0.497. The first-order valence-electron chi connectivity index (χ1n) is 9.14. The van der Waals surface area contributed by atoms with Crippen LogP contribution < -0.4 is 9.64 Å². The highest BCUT2D eigenvalue weighted by atomic mass is 16.5. The first kappa shape index (κ1) is 16.3. The smallest absolute Gasteiger partial charge is 0.228 e. The Kier molecular flexibility index (Phi) is 4.57. The molecular weight excluding hydrogens is 312 g/mol. The van der Waals surface area contributed by atoms with Crippen molar-refractivity contribution in [2.45, 2.75) is 50.4 Å². The lowest BCUT2D eigenvalue weighted by Gasteiger charge is -2.42. The Hall–Kier alpha value is -2.14. The van der Waals surface area contributed by atoms with Gasteiger partial charge in [-0.1, -0.05) is 30.3 Å². The highest BCUT2D eigenvalue weighted by Gasteiger charge is 2.42. The summed E-state index contributed by atoms with van der Waals surface area (Å²) in [6, 6.07) is 14.5. The van der Waals surface area contributed by atoms with Crippen LogP contribution in [0.25, 0.3) is 0 Å². The maximum Gasteiger partial charge on any atom is 0.228 e. The second-order valence-electron chi connectivity index (χ2n) is 7.18. The molecule has 2 saturated heterocycles. The Morgan fingerprint density at radius 2 is 1.84 bits per heavy atom. The van der Waals surface area contributed by atoms with Gasteiger partial charge in [0, 0.05) is 44.0 Å². The highest BCUT2D eigenvalue weighted by molar-refractivity contribution is 5.33. The minimum Gasteiger partial charge on any atom is -0.481 e. The largest absolute Gasteiger partial charge is 0.481 e. The molecule has 0 aliphatic carbocycles. The fourth-order valence-corrected chi connectivity index (χ4v) is 4.39. The molecule has 2 aliphatic rings. The molecule has 0 amide bonds. The van der Waals surface area contributed by atoms with Gasteiger partial charge in [-0.05, 0) is 31.2 Å². The van der Waals surface area contributed by atoms with E-state index in [1.54, 1.807) is 19.4 Å². The second kappa shape index (κ2) is 7.00. The molecule has 2 bridgehead atoms. The van der Waals surface area contributed by atoms with E-state index < -0.39 is 0 Å². The fourth-order valence-electron chi connectivity index (χ4n) is 4.39. The van der Waals surface area contributed by atoms with Crippen LogP contribution in [0.1, 0.15) is 31.2 Å². The average Bonchev–Trinajstić information content (AvgIpc) is 2.90. The van der Waals surface area contributed by atoms with E-state index in [-0.39, 0.29) is 0 Å². The fraction of sp³-hybridized carbons (Fsp3) is 0.500. The zero-order chi connectivity index (χ0) is 17.2. The summed E-state index contributed by atoms with van der Waals surface area (Å²) in [5.41, 5.74) is 1.42. The normalized spacial score (nSPS) is 25.8. The van der Waals surface area contributed by atoms with Crippen LogP contribution in [0.5, 0.6) is 5.88 Å². The number of aromatic nitrogens is 2. The van der Waals surface area contributed by atoms with Crippen LogP contribution in [0.3, 0.4) is 0 Å². The summed E-state index contributed by atoms with van der Waals surface area (Å²) in [5, 5.41) is 0. The molecule has 25 heavy (non-hydrogen) atoms. The number of fused-ring (bicyclic) bond motifs is 2. The molecule has 0 N–H and O–H groups in total. The molecule has 0 saturated carbocycles. The number of hydrogen-bond acceptors (Lipinski definition) is 5. The second-order valence-corrected chi connectivity index (χ2v) is 7.18. The number of anilines is 1. The third-order valence-corrected chi connectivity index (χ3v) is 5.76. The van der Waals surface area contributed by atoms with Crippen LogP contribution in [-0.2, 0) is 6.54 Å². The lowest BCUT2D eigenvalue weighted by atomic mass is 9.95. The van der Waals surface area contributed by atoms with Gasteiger partial charge < -0.3 is 9.64 Å². The predicted octanol–water partition coefficient (Wildman–Crippen LogP) is 3.12. The molecule has 1 aromatic heterocycles. The van der Waals surface area contributed by atoms with Crippen molar-refractivity contribution in [3.05, 3.63) is 48.2 Å². The van der Waals surface area contributed by atoms with E-state index in [2.05, 4.69) is 57.1 Å². The Morgan fingerprint density at radius 1 is 1.12 bits per heavy atom. The summed E-state index contributed by atoms with van der Waals surface area (Å²) in [4.78, 5) is 13.9. The van der Waals surface area contributed by atoms with E-state index in [1.165, 1.54) is 31.2 Å². The maximum absolute atomic E-state index is 5.24. The number of nitrogens with zero attached hydrogens (tertiary/aromatic N) is 4. The lowest BCUT2D eigenvalue weighted by molar-refractivity contribution is 0.118. The Labute approximate surface area is 149 Å². The lowest BCUT2D eigenvalue weighted by Crippen LogP contribution is -2.49. The van der Waals surface area contributed by atoms with Crippen molar-refractivity contribution in [2.24, 2.45) is 0 Å². The molecule has 5 nitrogen and oxygen atoms in total. The van der Waals surface area contributed by atoms with Crippen LogP contribution >= 0.6 is 0 Å². The third-order valence-electron chi connectivity index (χ3n) is 5.76. The van der Waals surface area contributed by atoms with Gasteiger partial charge >= 0.3 is 0 Å². The molecule has 2 aromatic rings. The van der Waals surface area contributed by atoms with E-state index in [1.807, 2.05) is 0 Å². The summed E-state index contributed by atoms with van der Waals surface area (Å²) in [6.07, 6.45) is 6.75. The van der Waals surface area contributed by atoms with Crippen LogP contribution in [-0.4, -0.2) is 47.2 Å². The maximum atomic E-state index is 5.24. The van der Waals surface area contributed by atoms with Crippen molar-refractivity contribution >= 4 is 5.95 Å². The summed E-state index contributed by atoms with van der Waals surface area (Å²) in [6.45, 7) is 1.07. The minimum absolute atomic E-state index is 0.497. The number of methoxy groups -OCH3 is 1. The molecule has 0 spiro atoms. The molecule has 2 atom stereocenters. The van der Waals surface area contributed by atoms with Gasteiger partial charge in [0.1, 0.15) is 0 Å². The van der Waals surface area contributed by atoms with Crippen LogP contribution in [0, 0.1) is 0 Å². The summed E-state index contributed by atoms with van der Waals surface area (Å²) < 4.78 is 5.24. The third kappa shape index (κ3) is 3.33. The predicted molar refractivity (Wildman–Crippen MR) is 98.8 cm³/mol. The van der Waals surface area contributed by atoms with Crippen LogP contribution in [0.4, 0.5) is 5.95 Å². The van der Waals surface area contributed by atoms with Crippen molar-refractivity contribution in [3.8, 4) is 5.88 Å². The van der Waals surface area contributed by atoms with Gasteiger partial charge in [0.15, 0.2) is 0 Å². The number of piperidine rings is 1. The number of ether oxygens (including phenoxy) is 1. The van der Waals surface area contributed by atoms with Gasteiger partial charge in [-0.15, -0.1) is 0 Å². The first-order valence-corrected chi connectivity index (χ1v) is 9.14. The zero-order valence-corrected chi connectivity index (χ0v) is 15.0. The molecule has 2 aliphatic heterocycles. The SMILES string of the molecule is COc1ccnc(N(C)C2CC3CCC(C2)N3Cc2ccccc2)n1. The van der Waals surface area contributed by atoms with E-state index >= 15 is 0 Å². The van der Waals surface area contributed by atoms with Gasteiger partial charge in [-0.25, -0.2) is 4.98 Å². The van der Waals surface area contributed by atoms with Crippen molar-refractivity contribution in [3.63, 3.8) is 0 Å². The average molecular weight is 338 g/mol. The van der Waals surface area contributed by atoms with Gasteiger partial charge in [-0.3, -0.25) is 4.90 Å². The quantitative estimate of drug-likeness (QED) is 0.838. The standard InChI is InChI=1S/C20H26N4O/c1-23(20-21-11-10-19(22-20)25-2)18-12-16-8-9-17(13-18)24(16)14-15-6-4-3-5-7-15/h3-7,10-11,16-18H,8-9,12-14H2,1-2H3. The molecule has 5 heteroatoms.